The number of nitrogens with one attached hydrogen (secondary N) is 1. The van der Waals surface area contributed by atoms with Gasteiger partial charge in [0.2, 0.25) is 0 Å². The highest BCUT2D eigenvalue weighted by atomic mass is 32.2. The van der Waals surface area contributed by atoms with Gasteiger partial charge in [0.05, 0.1) is 30.7 Å². The third-order valence-electron chi connectivity index (χ3n) is 6.70. The van der Waals surface area contributed by atoms with Crippen molar-refractivity contribution in [1.82, 2.24) is 4.90 Å². The number of thiophene rings is 1. The van der Waals surface area contributed by atoms with E-state index in [1.807, 2.05) is 12.1 Å². The highest BCUT2D eigenvalue weighted by Crippen LogP contribution is 2.39. The number of nitrogens with zero attached hydrogens (tertiary/aromatic N) is 1. The van der Waals surface area contributed by atoms with E-state index in [0.717, 1.165) is 53.4 Å². The van der Waals surface area contributed by atoms with Gasteiger partial charge in [-0.1, -0.05) is 24.3 Å². The van der Waals surface area contributed by atoms with E-state index in [9.17, 15) is 19.2 Å². The van der Waals surface area contributed by atoms with Crippen LogP contribution < -0.4 is 10.1 Å². The molecule has 1 aromatic heterocycles. The van der Waals surface area contributed by atoms with Crippen molar-refractivity contribution in [2.45, 2.75) is 39.2 Å². The van der Waals surface area contributed by atoms with Crippen LogP contribution in [0.25, 0.3) is 6.08 Å². The summed E-state index contributed by atoms with van der Waals surface area (Å²) < 4.78 is 10.5. The Balaban J connectivity index is 1.28. The SMILES string of the molecule is CCOC(=O)c1c(NC(=O)c2ccc(CN3C(=O)S/C(=C\c4cccc(OC)c4)C3=O)cc2)sc2c1CCCC2. The zero-order chi connectivity index (χ0) is 28.2. The molecule has 1 aliphatic carbocycles. The number of rotatable bonds is 8. The van der Waals surface area contributed by atoms with Crippen LogP contribution in [-0.2, 0) is 28.9 Å². The lowest BCUT2D eigenvalue weighted by Gasteiger charge is -2.13. The Morgan fingerprint density at radius 2 is 1.85 bits per heavy atom. The molecule has 40 heavy (non-hydrogen) atoms. The zero-order valence-electron chi connectivity index (χ0n) is 22.2. The topological polar surface area (TPSA) is 102 Å². The molecule has 0 atom stereocenters. The van der Waals surface area contributed by atoms with Crippen LogP contribution >= 0.6 is 23.1 Å². The molecule has 5 rings (SSSR count). The Morgan fingerprint density at radius 3 is 2.60 bits per heavy atom. The minimum absolute atomic E-state index is 0.0899. The number of benzene rings is 2. The van der Waals surface area contributed by atoms with E-state index in [1.165, 1.54) is 16.2 Å². The molecule has 0 spiro atoms. The minimum atomic E-state index is -0.412. The quantitative estimate of drug-likeness (QED) is 0.248. The van der Waals surface area contributed by atoms with E-state index in [2.05, 4.69) is 5.32 Å². The number of thioether (sulfide) groups is 1. The summed E-state index contributed by atoms with van der Waals surface area (Å²) in [6.45, 7) is 2.11. The lowest BCUT2D eigenvalue weighted by molar-refractivity contribution is -0.123. The lowest BCUT2D eigenvalue weighted by Crippen LogP contribution is -2.27. The summed E-state index contributed by atoms with van der Waals surface area (Å²) in [5.74, 6) is -0.464. The average molecular weight is 577 g/mol. The van der Waals surface area contributed by atoms with Crippen molar-refractivity contribution in [2.24, 2.45) is 0 Å². The van der Waals surface area contributed by atoms with Gasteiger partial charge in [0.25, 0.3) is 17.1 Å². The van der Waals surface area contributed by atoms with Gasteiger partial charge in [-0.15, -0.1) is 11.3 Å². The second kappa shape index (κ2) is 12.1. The molecule has 3 amide bonds. The molecule has 1 aliphatic heterocycles. The summed E-state index contributed by atoms with van der Waals surface area (Å²) in [6.07, 6.45) is 5.42. The van der Waals surface area contributed by atoms with E-state index in [4.69, 9.17) is 9.47 Å². The average Bonchev–Trinajstić information content (AvgIpc) is 3.45. The van der Waals surface area contributed by atoms with E-state index in [1.54, 1.807) is 56.5 Å². The van der Waals surface area contributed by atoms with Crippen LogP contribution in [0.3, 0.4) is 0 Å². The van der Waals surface area contributed by atoms with Crippen molar-refractivity contribution < 1.29 is 28.7 Å². The van der Waals surface area contributed by atoms with Gasteiger partial charge in [-0.3, -0.25) is 19.3 Å². The maximum Gasteiger partial charge on any atom is 0.341 e. The predicted octanol–water partition coefficient (Wildman–Crippen LogP) is 6.30. The summed E-state index contributed by atoms with van der Waals surface area (Å²) in [7, 11) is 1.57. The van der Waals surface area contributed by atoms with Crippen molar-refractivity contribution in [3.05, 3.63) is 86.1 Å². The van der Waals surface area contributed by atoms with Crippen LogP contribution in [0, 0.1) is 0 Å². The van der Waals surface area contributed by atoms with Crippen molar-refractivity contribution in [2.75, 3.05) is 19.0 Å². The van der Waals surface area contributed by atoms with E-state index >= 15 is 0 Å². The van der Waals surface area contributed by atoms with Gasteiger partial charge in [-0.2, -0.15) is 0 Å². The maximum atomic E-state index is 13.1. The van der Waals surface area contributed by atoms with Crippen LogP contribution in [-0.4, -0.2) is 41.6 Å². The number of imide groups is 1. The number of fused-ring (bicyclic) bond motifs is 1. The van der Waals surface area contributed by atoms with E-state index in [0.29, 0.717) is 32.3 Å². The van der Waals surface area contributed by atoms with Crippen LogP contribution in [0.4, 0.5) is 9.80 Å². The fourth-order valence-electron chi connectivity index (χ4n) is 4.71. The van der Waals surface area contributed by atoms with Crippen LogP contribution in [0.2, 0.25) is 0 Å². The van der Waals surface area contributed by atoms with Gasteiger partial charge < -0.3 is 14.8 Å². The molecule has 0 unspecified atom stereocenters. The number of amides is 3. The third-order valence-corrected chi connectivity index (χ3v) is 8.81. The van der Waals surface area contributed by atoms with Crippen molar-refractivity contribution in [3.63, 3.8) is 0 Å². The summed E-state index contributed by atoms with van der Waals surface area (Å²) in [6, 6.07) is 14.0. The molecule has 8 nitrogen and oxygen atoms in total. The fourth-order valence-corrected chi connectivity index (χ4v) is 6.82. The van der Waals surface area contributed by atoms with Gasteiger partial charge in [0.1, 0.15) is 10.8 Å². The largest absolute Gasteiger partial charge is 0.497 e. The zero-order valence-corrected chi connectivity index (χ0v) is 23.8. The third kappa shape index (κ3) is 5.83. The number of hydrogen-bond acceptors (Lipinski definition) is 8. The second-order valence-electron chi connectivity index (χ2n) is 9.33. The fraction of sp³-hybridized carbons (Fsp3) is 0.267. The Kier molecular flexibility index (Phi) is 8.37. The summed E-state index contributed by atoms with van der Waals surface area (Å²) in [5.41, 5.74) is 3.32. The molecule has 1 saturated heterocycles. The van der Waals surface area contributed by atoms with Crippen molar-refractivity contribution >= 4 is 57.2 Å². The number of carbonyl (C=O) groups excluding carboxylic acids is 4. The van der Waals surface area contributed by atoms with Crippen LogP contribution in [0.15, 0.2) is 53.4 Å². The minimum Gasteiger partial charge on any atom is -0.497 e. The number of aryl methyl sites for hydroxylation is 1. The van der Waals surface area contributed by atoms with E-state index < -0.39 is 5.97 Å². The monoisotopic (exact) mass is 576 g/mol. The Hall–Kier alpha value is -3.89. The summed E-state index contributed by atoms with van der Waals surface area (Å²) >= 11 is 2.33. The molecule has 1 fully saturated rings. The Labute approximate surface area is 240 Å². The first-order valence-electron chi connectivity index (χ1n) is 13.0. The molecule has 10 heteroatoms. The molecule has 2 heterocycles. The van der Waals surface area contributed by atoms with Crippen molar-refractivity contribution in [3.8, 4) is 5.75 Å². The molecule has 0 radical (unpaired) electrons. The number of ether oxygens (including phenoxy) is 2. The molecule has 1 N–H and O–H groups in total. The van der Waals surface area contributed by atoms with Gasteiger partial charge >= 0.3 is 5.97 Å². The smallest absolute Gasteiger partial charge is 0.341 e. The first kappa shape index (κ1) is 27.7. The van der Waals surface area contributed by atoms with Crippen LogP contribution in [0.1, 0.15) is 62.0 Å². The molecule has 0 bridgehead atoms. The number of hydrogen-bond donors (Lipinski definition) is 1. The predicted molar refractivity (Wildman–Crippen MR) is 156 cm³/mol. The van der Waals surface area contributed by atoms with E-state index in [-0.39, 0.29) is 30.2 Å². The molecular formula is C30H28N2O6S2. The maximum absolute atomic E-state index is 13.1. The van der Waals surface area contributed by atoms with Gasteiger partial charge in [0, 0.05) is 10.4 Å². The van der Waals surface area contributed by atoms with Crippen LogP contribution in [0.5, 0.6) is 5.75 Å². The van der Waals surface area contributed by atoms with Gasteiger partial charge in [-0.25, -0.2) is 4.79 Å². The number of esters is 1. The van der Waals surface area contributed by atoms with Gasteiger partial charge in [0.15, 0.2) is 0 Å². The highest BCUT2D eigenvalue weighted by Gasteiger charge is 2.35. The highest BCUT2D eigenvalue weighted by molar-refractivity contribution is 8.18. The molecular weight excluding hydrogens is 548 g/mol. The van der Waals surface area contributed by atoms with Gasteiger partial charge in [-0.05, 0) is 91.4 Å². The number of methoxy groups -OCH3 is 1. The summed E-state index contributed by atoms with van der Waals surface area (Å²) in [5, 5.41) is 3.07. The Bertz CT molecular complexity index is 1510. The van der Waals surface area contributed by atoms with Crippen molar-refractivity contribution in [1.29, 1.82) is 0 Å². The first-order valence-corrected chi connectivity index (χ1v) is 14.6. The molecule has 3 aromatic rings. The second-order valence-corrected chi connectivity index (χ2v) is 11.4. The molecule has 0 saturated carbocycles. The number of carbonyl (C=O) groups is 4. The summed E-state index contributed by atoms with van der Waals surface area (Å²) in [4.78, 5) is 54.0. The molecule has 2 aromatic carbocycles. The lowest BCUT2D eigenvalue weighted by atomic mass is 9.95. The standard InChI is InChI=1S/C30H28N2O6S2/c1-3-38-29(35)25-22-9-4-5-10-23(22)39-27(25)31-26(33)20-13-11-18(12-14-20)17-32-28(34)24(40-30(32)36)16-19-7-6-8-21(15-19)37-2/h6-8,11-16H,3-5,9-10,17H2,1-2H3,(H,31,33)/b24-16-. The number of anilines is 1. The normalized spacial score (nSPS) is 15.8. The first-order chi connectivity index (χ1) is 19.4. The molecule has 206 valence electrons. The molecule has 2 aliphatic rings. The Morgan fingerprint density at radius 1 is 1.07 bits per heavy atom.